The number of rotatable bonds is 5. The molecule has 0 aliphatic carbocycles. The lowest BCUT2D eigenvalue weighted by atomic mass is 10.1. The molecule has 21 heavy (non-hydrogen) atoms. The molecule has 0 radical (unpaired) electrons. The number of hydrogen-bond donors (Lipinski definition) is 2. The van der Waals surface area contributed by atoms with Crippen molar-refractivity contribution in [1.82, 2.24) is 5.32 Å². The zero-order chi connectivity index (χ0) is 15.2. The lowest BCUT2D eigenvalue weighted by Gasteiger charge is -2.07. The number of aryl methyl sites for hydroxylation is 1. The Morgan fingerprint density at radius 3 is 2.57 bits per heavy atom. The van der Waals surface area contributed by atoms with Crippen LogP contribution in [0.5, 0.6) is 0 Å². The van der Waals surface area contributed by atoms with E-state index in [1.54, 1.807) is 24.3 Å². The Bertz CT molecular complexity index is 667. The van der Waals surface area contributed by atoms with Crippen LogP contribution in [0, 0.1) is 6.92 Å². The van der Waals surface area contributed by atoms with E-state index >= 15 is 0 Å². The van der Waals surface area contributed by atoms with Gasteiger partial charge in [-0.1, -0.05) is 54.2 Å². The predicted octanol–water partition coefficient (Wildman–Crippen LogP) is 2.60. The molecule has 108 valence electrons. The lowest BCUT2D eigenvalue weighted by Crippen LogP contribution is -2.26. The summed E-state index contributed by atoms with van der Waals surface area (Å²) in [6.07, 6.45) is 0.808. The molecule has 0 saturated carbocycles. The van der Waals surface area contributed by atoms with Crippen LogP contribution in [0.25, 0.3) is 0 Å². The topological polar surface area (TPSA) is 55.1 Å². The van der Waals surface area contributed by atoms with Crippen molar-refractivity contribution in [2.45, 2.75) is 13.3 Å². The molecule has 1 amide bonds. The molecule has 2 rings (SSSR count). The van der Waals surface area contributed by atoms with Crippen LogP contribution >= 0.6 is 12.2 Å². The maximum atomic E-state index is 12.1. The quantitative estimate of drug-likeness (QED) is 0.834. The molecular weight excluding hydrogens is 280 g/mol. The zero-order valence-electron chi connectivity index (χ0n) is 11.9. The van der Waals surface area contributed by atoms with Crippen LogP contribution in [0.2, 0.25) is 0 Å². The molecule has 0 unspecified atom stereocenters. The number of amides is 1. The second-order valence-corrected chi connectivity index (χ2v) is 5.38. The molecule has 0 heterocycles. The van der Waals surface area contributed by atoms with Crippen LogP contribution < -0.4 is 11.1 Å². The Morgan fingerprint density at radius 1 is 1.14 bits per heavy atom. The van der Waals surface area contributed by atoms with Crippen LogP contribution in [0.15, 0.2) is 48.5 Å². The molecule has 0 aliphatic heterocycles. The number of carbonyl (C=O) groups is 1. The van der Waals surface area contributed by atoms with Crippen molar-refractivity contribution < 1.29 is 4.79 Å². The van der Waals surface area contributed by atoms with E-state index in [1.165, 1.54) is 11.1 Å². The summed E-state index contributed by atoms with van der Waals surface area (Å²) in [5, 5.41) is 2.91. The normalized spacial score (nSPS) is 10.1. The number of nitrogens with two attached hydrogens (primary N) is 1. The molecular formula is C17H18N2OS. The minimum absolute atomic E-state index is 0.110. The monoisotopic (exact) mass is 298 g/mol. The summed E-state index contributed by atoms with van der Waals surface area (Å²) in [5.74, 6) is -0.110. The van der Waals surface area contributed by atoms with Gasteiger partial charge in [-0.2, -0.15) is 0 Å². The smallest absolute Gasteiger partial charge is 0.251 e. The summed E-state index contributed by atoms with van der Waals surface area (Å²) in [5.41, 5.74) is 9.29. The Labute approximate surface area is 130 Å². The predicted molar refractivity (Wildman–Crippen MR) is 89.5 cm³/mol. The van der Waals surface area contributed by atoms with Gasteiger partial charge in [0.2, 0.25) is 0 Å². The maximum Gasteiger partial charge on any atom is 0.251 e. The first-order chi connectivity index (χ1) is 10.1. The van der Waals surface area contributed by atoms with Gasteiger partial charge in [0.05, 0.1) is 0 Å². The summed E-state index contributed by atoms with van der Waals surface area (Å²) >= 11 is 4.92. The zero-order valence-corrected chi connectivity index (χ0v) is 12.7. The van der Waals surface area contributed by atoms with E-state index in [0.29, 0.717) is 22.7 Å². The Balaban J connectivity index is 1.93. The molecule has 2 aromatic rings. The van der Waals surface area contributed by atoms with Crippen molar-refractivity contribution in [3.05, 3.63) is 70.8 Å². The van der Waals surface area contributed by atoms with Crippen LogP contribution in [0.4, 0.5) is 0 Å². The number of nitrogens with one attached hydrogen (secondary N) is 1. The van der Waals surface area contributed by atoms with Crippen LogP contribution in [-0.2, 0) is 6.42 Å². The highest BCUT2D eigenvalue weighted by atomic mass is 32.1. The van der Waals surface area contributed by atoms with Crippen LogP contribution in [0.1, 0.15) is 27.0 Å². The molecule has 2 aromatic carbocycles. The molecule has 3 nitrogen and oxygen atoms in total. The summed E-state index contributed by atoms with van der Waals surface area (Å²) in [6, 6.07) is 15.3. The first kappa shape index (κ1) is 15.2. The minimum Gasteiger partial charge on any atom is -0.389 e. The fraction of sp³-hybridized carbons (Fsp3) is 0.176. The van der Waals surface area contributed by atoms with Crippen molar-refractivity contribution in [3.63, 3.8) is 0 Å². The van der Waals surface area contributed by atoms with E-state index in [2.05, 4.69) is 30.4 Å². The van der Waals surface area contributed by atoms with Gasteiger partial charge in [-0.15, -0.1) is 0 Å². The highest BCUT2D eigenvalue weighted by molar-refractivity contribution is 7.80. The highest BCUT2D eigenvalue weighted by Gasteiger charge is 2.06. The Morgan fingerprint density at radius 2 is 1.86 bits per heavy atom. The average molecular weight is 298 g/mol. The number of hydrogen-bond acceptors (Lipinski definition) is 2. The van der Waals surface area contributed by atoms with Crippen molar-refractivity contribution in [2.75, 3.05) is 6.54 Å². The van der Waals surface area contributed by atoms with Gasteiger partial charge in [-0.25, -0.2) is 0 Å². The molecule has 4 heteroatoms. The summed E-state index contributed by atoms with van der Waals surface area (Å²) < 4.78 is 0. The van der Waals surface area contributed by atoms with E-state index in [4.69, 9.17) is 18.0 Å². The molecule has 0 aliphatic rings. The molecule has 0 spiro atoms. The molecule has 3 N–H and O–H groups in total. The van der Waals surface area contributed by atoms with Gasteiger partial charge in [0, 0.05) is 17.7 Å². The van der Waals surface area contributed by atoms with E-state index < -0.39 is 0 Å². The lowest BCUT2D eigenvalue weighted by molar-refractivity contribution is 0.0954. The fourth-order valence-electron chi connectivity index (χ4n) is 2.10. The summed E-state index contributed by atoms with van der Waals surface area (Å²) in [7, 11) is 0. The van der Waals surface area contributed by atoms with Crippen LogP contribution in [0.3, 0.4) is 0 Å². The Kier molecular flexibility index (Phi) is 5.06. The molecule has 0 fully saturated rings. The minimum atomic E-state index is -0.110. The molecule has 0 atom stereocenters. The number of carbonyl (C=O) groups excluding carboxylic acids is 1. The van der Waals surface area contributed by atoms with Gasteiger partial charge in [0.25, 0.3) is 5.91 Å². The first-order valence-electron chi connectivity index (χ1n) is 6.80. The van der Waals surface area contributed by atoms with Gasteiger partial charge in [-0.3, -0.25) is 4.79 Å². The third kappa shape index (κ3) is 4.39. The highest BCUT2D eigenvalue weighted by Crippen LogP contribution is 2.06. The van der Waals surface area contributed by atoms with Gasteiger partial charge in [0.1, 0.15) is 4.99 Å². The van der Waals surface area contributed by atoms with Crippen molar-refractivity contribution >= 4 is 23.1 Å². The molecule has 0 aromatic heterocycles. The van der Waals surface area contributed by atoms with E-state index in [9.17, 15) is 4.79 Å². The SMILES string of the molecule is Cc1cccc(CCNC(=O)c2cccc(C(N)=S)c2)c1. The van der Waals surface area contributed by atoms with E-state index in [0.717, 1.165) is 6.42 Å². The van der Waals surface area contributed by atoms with Crippen molar-refractivity contribution in [2.24, 2.45) is 5.73 Å². The first-order valence-corrected chi connectivity index (χ1v) is 7.21. The van der Waals surface area contributed by atoms with Crippen molar-refractivity contribution in [1.29, 1.82) is 0 Å². The Hall–Kier alpha value is -2.20. The van der Waals surface area contributed by atoms with Crippen molar-refractivity contribution in [3.8, 4) is 0 Å². The average Bonchev–Trinajstić information content (AvgIpc) is 2.47. The van der Waals surface area contributed by atoms with Gasteiger partial charge >= 0.3 is 0 Å². The fourth-order valence-corrected chi connectivity index (χ4v) is 2.23. The van der Waals surface area contributed by atoms with E-state index in [1.807, 2.05) is 6.07 Å². The van der Waals surface area contributed by atoms with Crippen LogP contribution in [-0.4, -0.2) is 17.4 Å². The molecule has 0 saturated heterocycles. The van der Waals surface area contributed by atoms with Gasteiger partial charge in [0.15, 0.2) is 0 Å². The van der Waals surface area contributed by atoms with Gasteiger partial charge in [-0.05, 0) is 31.0 Å². The summed E-state index contributed by atoms with van der Waals surface area (Å²) in [6.45, 7) is 2.66. The summed E-state index contributed by atoms with van der Waals surface area (Å²) in [4.78, 5) is 12.4. The third-order valence-corrected chi connectivity index (χ3v) is 3.43. The second-order valence-electron chi connectivity index (χ2n) is 4.94. The van der Waals surface area contributed by atoms with E-state index in [-0.39, 0.29) is 5.91 Å². The second kappa shape index (κ2) is 6.99. The largest absolute Gasteiger partial charge is 0.389 e. The number of thiocarbonyl (C=S) groups is 1. The number of benzene rings is 2. The maximum absolute atomic E-state index is 12.1. The standard InChI is InChI=1S/C17H18N2OS/c1-12-4-2-5-13(10-12)8-9-19-17(20)15-7-3-6-14(11-15)16(18)21/h2-7,10-11H,8-9H2,1H3,(H2,18,21)(H,19,20). The third-order valence-electron chi connectivity index (χ3n) is 3.19. The molecule has 0 bridgehead atoms. The van der Waals surface area contributed by atoms with Gasteiger partial charge < -0.3 is 11.1 Å².